The predicted octanol–water partition coefficient (Wildman–Crippen LogP) is 1.51. The zero-order valence-corrected chi connectivity index (χ0v) is 37.0. The van der Waals surface area contributed by atoms with Crippen LogP contribution in [0.2, 0.25) is 0 Å². The summed E-state index contributed by atoms with van der Waals surface area (Å²) in [5.74, 6) is 0. The summed E-state index contributed by atoms with van der Waals surface area (Å²) in [5.41, 5.74) is 0. The summed E-state index contributed by atoms with van der Waals surface area (Å²) in [7, 11) is 8.01. The third-order valence-corrected chi connectivity index (χ3v) is 12.8. The lowest BCUT2D eigenvalue weighted by Gasteiger charge is -2.47. The first kappa shape index (κ1) is 48.7. The van der Waals surface area contributed by atoms with E-state index in [9.17, 15) is 15.3 Å². The van der Waals surface area contributed by atoms with Crippen molar-refractivity contribution in [2.24, 2.45) is 0 Å². The molecular weight excluding hydrogens is 796 g/mol. The van der Waals surface area contributed by atoms with Gasteiger partial charge in [0.2, 0.25) is 0 Å². The molecule has 19 heteroatoms. The second-order valence-corrected chi connectivity index (χ2v) is 17.0. The summed E-state index contributed by atoms with van der Waals surface area (Å²) < 4.78 is 97.6. The molecular formula is C41H72O19. The van der Waals surface area contributed by atoms with Gasteiger partial charge in [-0.1, -0.05) is 0 Å². The van der Waals surface area contributed by atoms with Crippen molar-refractivity contribution in [3.8, 4) is 0 Å². The molecule has 6 rings (SSSR count). The Labute approximate surface area is 354 Å². The molecule has 6 aliphatic heterocycles. The minimum atomic E-state index is -0.914. The highest BCUT2D eigenvalue weighted by molar-refractivity contribution is 4.92. The summed E-state index contributed by atoms with van der Waals surface area (Å²) in [6.07, 6.45) is -11.3. The van der Waals surface area contributed by atoms with Crippen LogP contribution in [0.25, 0.3) is 0 Å². The highest BCUT2D eigenvalue weighted by Crippen LogP contribution is 2.37. The van der Waals surface area contributed by atoms with Gasteiger partial charge >= 0.3 is 0 Å². The first-order valence-electron chi connectivity index (χ1n) is 21.5. The van der Waals surface area contributed by atoms with Gasteiger partial charge in [0.05, 0.1) is 73.2 Å². The van der Waals surface area contributed by atoms with Gasteiger partial charge < -0.3 is 91.1 Å². The smallest absolute Gasteiger partial charge is 0.161 e. The minimum Gasteiger partial charge on any atom is -0.390 e. The number of aliphatic hydroxyl groups excluding tert-OH is 3. The summed E-state index contributed by atoms with van der Waals surface area (Å²) in [6, 6.07) is 0. The molecule has 0 amide bonds. The maximum atomic E-state index is 11.2. The zero-order valence-electron chi connectivity index (χ0n) is 37.0. The average Bonchev–Trinajstić information content (AvgIpc) is 3.20. The van der Waals surface area contributed by atoms with Gasteiger partial charge in [-0.3, -0.25) is 0 Å². The standard InChI is InChI=1S/C41H72O19/c1-18-36(44)25(45-7)14-32(51-18)56-37-19(2)52-31(12-24(37)42)57-39-21(4)53-34(15-27(39)47-9)59-41-23(6)55-35(17-29(41)49-11)60-40-22(5)54-33(16-28(40)48-10)58-38-20(3)50-30(43)13-26(38)46-8/h18-44H,12-17H2,1-11H3/t18-,19+,20-,21-,22-,23-,24-,25+,26+,27+,28+,29+,30-,31-,32-,33-,34+,35-,36-,37+,38-,39-,40-,41-/m0/s1. The number of hydrogen-bond donors (Lipinski definition) is 3. The fourth-order valence-electron chi connectivity index (χ4n) is 9.50. The second kappa shape index (κ2) is 21.9. The van der Waals surface area contributed by atoms with Crippen molar-refractivity contribution in [3.63, 3.8) is 0 Å². The predicted molar refractivity (Wildman–Crippen MR) is 206 cm³/mol. The first-order chi connectivity index (χ1) is 28.7. The monoisotopic (exact) mass is 868 g/mol. The van der Waals surface area contributed by atoms with Crippen molar-refractivity contribution in [1.29, 1.82) is 0 Å². The largest absolute Gasteiger partial charge is 0.390 e. The van der Waals surface area contributed by atoms with Crippen LogP contribution in [-0.2, 0) is 75.8 Å². The van der Waals surface area contributed by atoms with Crippen molar-refractivity contribution in [2.45, 2.75) is 228 Å². The van der Waals surface area contributed by atoms with Crippen molar-refractivity contribution in [1.82, 2.24) is 0 Å². The Morgan fingerprint density at radius 2 is 0.617 bits per heavy atom. The molecule has 19 nitrogen and oxygen atoms in total. The number of hydrogen-bond acceptors (Lipinski definition) is 19. The van der Waals surface area contributed by atoms with Crippen LogP contribution in [0.3, 0.4) is 0 Å². The van der Waals surface area contributed by atoms with Crippen LogP contribution >= 0.6 is 0 Å². The van der Waals surface area contributed by atoms with Gasteiger partial charge in [-0.25, -0.2) is 0 Å². The van der Waals surface area contributed by atoms with Gasteiger partial charge in [-0.2, -0.15) is 0 Å². The van der Waals surface area contributed by atoms with Gasteiger partial charge in [0.1, 0.15) is 36.6 Å². The topological polar surface area (TPSA) is 208 Å². The third-order valence-electron chi connectivity index (χ3n) is 12.8. The molecule has 350 valence electrons. The fourth-order valence-corrected chi connectivity index (χ4v) is 9.50. The van der Waals surface area contributed by atoms with Crippen molar-refractivity contribution in [2.75, 3.05) is 35.5 Å². The lowest BCUT2D eigenvalue weighted by atomic mass is 9.98. The second-order valence-electron chi connectivity index (χ2n) is 17.0. The van der Waals surface area contributed by atoms with Crippen molar-refractivity contribution in [3.05, 3.63) is 0 Å². The van der Waals surface area contributed by atoms with Crippen molar-refractivity contribution >= 4 is 0 Å². The fraction of sp³-hybridized carbons (Fsp3) is 1.00. The Hall–Kier alpha value is -0.760. The molecule has 0 aromatic rings. The maximum absolute atomic E-state index is 11.2. The van der Waals surface area contributed by atoms with Gasteiger partial charge in [0.15, 0.2) is 37.7 Å². The van der Waals surface area contributed by atoms with E-state index in [0.717, 1.165) is 0 Å². The molecule has 60 heavy (non-hydrogen) atoms. The van der Waals surface area contributed by atoms with E-state index in [1.165, 1.54) is 7.11 Å². The molecule has 3 N–H and O–H groups in total. The molecule has 0 aliphatic carbocycles. The molecule has 0 spiro atoms. The molecule has 0 aromatic carbocycles. The van der Waals surface area contributed by atoms with Crippen LogP contribution in [0.4, 0.5) is 0 Å². The number of methoxy groups -OCH3 is 5. The summed E-state index contributed by atoms with van der Waals surface area (Å²) in [5, 5.41) is 31.6. The molecule has 6 heterocycles. The highest BCUT2D eigenvalue weighted by Gasteiger charge is 2.49. The van der Waals surface area contributed by atoms with E-state index in [1.54, 1.807) is 35.4 Å². The quantitative estimate of drug-likeness (QED) is 0.213. The third kappa shape index (κ3) is 11.5. The van der Waals surface area contributed by atoms with E-state index in [4.69, 9.17) is 75.8 Å². The van der Waals surface area contributed by atoms with Crippen LogP contribution < -0.4 is 0 Å². The molecule has 0 radical (unpaired) electrons. The summed E-state index contributed by atoms with van der Waals surface area (Å²) >= 11 is 0. The lowest BCUT2D eigenvalue weighted by molar-refractivity contribution is -0.353. The molecule has 0 unspecified atom stereocenters. The van der Waals surface area contributed by atoms with Gasteiger partial charge in [-0.05, 0) is 41.5 Å². The van der Waals surface area contributed by atoms with Crippen LogP contribution in [-0.4, -0.2) is 198 Å². The molecule has 0 aromatic heterocycles. The molecule has 6 fully saturated rings. The number of rotatable bonds is 15. The SMILES string of the molecule is CO[C@@H]1C[C@H](O[C@H]2[C@@H](O)C[C@H](O[C@H]3[C@H](C)O[C@H](O[C@H]4[C@H](C)O[C@@H](O[C@H]5[C@H](C)O[C@@H](O[C@H]6[C@H](C)O[C@H](O)C[C@H]6OC)C[C@H]5OC)C[C@H]4OC)C[C@H]3OC)O[C@@H]2C)O[C@@H](C)[C@@H]1O. The van der Waals surface area contributed by atoms with Gasteiger partial charge in [0.25, 0.3) is 0 Å². The maximum Gasteiger partial charge on any atom is 0.161 e. The Morgan fingerprint density at radius 3 is 0.983 bits per heavy atom. The summed E-state index contributed by atoms with van der Waals surface area (Å²) in [4.78, 5) is 0. The van der Waals surface area contributed by atoms with E-state index in [1.807, 2.05) is 34.6 Å². The molecule has 0 bridgehead atoms. The van der Waals surface area contributed by atoms with Crippen LogP contribution in [0.1, 0.15) is 80.1 Å². The number of ether oxygens (including phenoxy) is 16. The van der Waals surface area contributed by atoms with E-state index < -0.39 is 129 Å². The molecule has 6 aliphatic rings. The Bertz CT molecular complexity index is 1270. The van der Waals surface area contributed by atoms with Crippen LogP contribution in [0.15, 0.2) is 0 Å². The average molecular weight is 869 g/mol. The molecule has 0 saturated carbocycles. The first-order valence-corrected chi connectivity index (χ1v) is 21.5. The Balaban J connectivity index is 0.983. The lowest BCUT2D eigenvalue weighted by Crippen LogP contribution is -2.58. The van der Waals surface area contributed by atoms with Gasteiger partial charge in [-0.15, -0.1) is 0 Å². The number of aliphatic hydroxyl groups is 3. The zero-order chi connectivity index (χ0) is 43.4. The van der Waals surface area contributed by atoms with Crippen LogP contribution in [0, 0.1) is 0 Å². The van der Waals surface area contributed by atoms with E-state index in [2.05, 4.69) is 0 Å². The highest BCUT2D eigenvalue weighted by atomic mass is 16.8. The normalized spacial score (nSPS) is 50.7. The van der Waals surface area contributed by atoms with Crippen LogP contribution in [0.5, 0.6) is 0 Å². The van der Waals surface area contributed by atoms with Gasteiger partial charge in [0, 0.05) is 74.1 Å². The van der Waals surface area contributed by atoms with E-state index in [-0.39, 0.29) is 24.7 Å². The summed E-state index contributed by atoms with van der Waals surface area (Å²) in [6.45, 7) is 11.1. The van der Waals surface area contributed by atoms with E-state index >= 15 is 0 Å². The van der Waals surface area contributed by atoms with Crippen molar-refractivity contribution < 1.29 is 91.1 Å². The Kier molecular flexibility index (Phi) is 17.8. The Morgan fingerprint density at radius 1 is 0.333 bits per heavy atom. The minimum absolute atomic E-state index is 0.157. The molecule has 24 atom stereocenters. The molecule has 6 saturated heterocycles. The van der Waals surface area contributed by atoms with E-state index in [0.29, 0.717) is 32.1 Å².